The molecule has 0 amide bonds. The summed E-state index contributed by atoms with van der Waals surface area (Å²) in [6.07, 6.45) is 7.13. The van der Waals surface area contributed by atoms with Crippen LogP contribution in [0, 0.1) is 0 Å². The fourth-order valence-corrected chi connectivity index (χ4v) is 2.68. The first kappa shape index (κ1) is 13.0. The van der Waals surface area contributed by atoms with Crippen molar-refractivity contribution in [1.82, 2.24) is 9.78 Å². The van der Waals surface area contributed by atoms with Gasteiger partial charge < -0.3 is 5.73 Å². The number of aromatic nitrogens is 2. The average molecular weight is 284 g/mol. The number of dihydropyridines is 1. The highest BCUT2D eigenvalue weighted by atomic mass is 32.2. The maximum Gasteiger partial charge on any atom is 0.100 e. The van der Waals surface area contributed by atoms with Gasteiger partial charge >= 0.3 is 0 Å². The van der Waals surface area contributed by atoms with E-state index in [1.165, 1.54) is 0 Å². The molecule has 4 nitrogen and oxygen atoms in total. The van der Waals surface area contributed by atoms with Gasteiger partial charge in [-0.1, -0.05) is 6.08 Å². The second-order valence-electron chi connectivity index (χ2n) is 4.56. The maximum atomic E-state index is 5.74. The van der Waals surface area contributed by atoms with Gasteiger partial charge in [0, 0.05) is 24.0 Å². The van der Waals surface area contributed by atoms with Crippen molar-refractivity contribution < 1.29 is 0 Å². The Morgan fingerprint density at radius 3 is 2.70 bits per heavy atom. The van der Waals surface area contributed by atoms with Crippen molar-refractivity contribution in [2.24, 2.45) is 4.99 Å². The Morgan fingerprint density at radius 1 is 1.25 bits per heavy atom. The lowest BCUT2D eigenvalue weighted by atomic mass is 10.1. The Balaban J connectivity index is 2.02. The largest absolute Gasteiger partial charge is 0.399 e. The van der Waals surface area contributed by atoms with Crippen LogP contribution in [0.15, 0.2) is 46.4 Å². The minimum absolute atomic E-state index is 0.758. The zero-order valence-electron chi connectivity index (χ0n) is 11.3. The predicted octanol–water partition coefficient (Wildman–Crippen LogP) is 3.03. The van der Waals surface area contributed by atoms with Crippen LogP contribution in [0.4, 0.5) is 5.69 Å². The number of thioether (sulfide) groups is 1. The number of rotatable bonds is 3. The molecule has 0 bridgehead atoms. The van der Waals surface area contributed by atoms with E-state index in [1.54, 1.807) is 11.8 Å². The van der Waals surface area contributed by atoms with Crippen molar-refractivity contribution in [1.29, 1.82) is 0 Å². The van der Waals surface area contributed by atoms with Gasteiger partial charge in [-0.2, -0.15) is 5.10 Å². The topological polar surface area (TPSA) is 56.2 Å². The molecular formula is C15H16N4S. The second-order valence-corrected chi connectivity index (χ2v) is 5.39. The Labute approximate surface area is 122 Å². The number of nitrogens with two attached hydrogens (primary N) is 1. The van der Waals surface area contributed by atoms with Gasteiger partial charge in [0.25, 0.3) is 0 Å². The molecule has 2 N–H and O–H groups in total. The van der Waals surface area contributed by atoms with Gasteiger partial charge in [-0.15, -0.1) is 11.8 Å². The van der Waals surface area contributed by atoms with E-state index in [1.807, 2.05) is 35.2 Å². The molecule has 102 valence electrons. The summed E-state index contributed by atoms with van der Waals surface area (Å²) in [5.74, 6) is 0. The van der Waals surface area contributed by atoms with Crippen molar-refractivity contribution in [2.45, 2.75) is 11.4 Å². The third-order valence-corrected chi connectivity index (χ3v) is 3.88. The molecule has 1 aliphatic heterocycles. The molecule has 0 radical (unpaired) electrons. The summed E-state index contributed by atoms with van der Waals surface area (Å²) in [5, 5.41) is 5.80. The summed E-state index contributed by atoms with van der Waals surface area (Å²) < 4.78 is 1.95. The van der Waals surface area contributed by atoms with E-state index in [0.717, 1.165) is 40.6 Å². The van der Waals surface area contributed by atoms with E-state index in [9.17, 15) is 0 Å². The molecule has 0 saturated heterocycles. The maximum absolute atomic E-state index is 5.74. The highest BCUT2D eigenvalue weighted by Gasteiger charge is 2.12. The van der Waals surface area contributed by atoms with Crippen LogP contribution in [-0.2, 0) is 0 Å². The number of hydrogen-bond donors (Lipinski definition) is 1. The van der Waals surface area contributed by atoms with Gasteiger partial charge in [0.15, 0.2) is 0 Å². The van der Waals surface area contributed by atoms with Crippen LogP contribution in [0.1, 0.15) is 12.1 Å². The van der Waals surface area contributed by atoms with Gasteiger partial charge in [-0.25, -0.2) is 4.68 Å². The number of nitrogen functional groups attached to an aromatic ring is 1. The van der Waals surface area contributed by atoms with Gasteiger partial charge in [0.2, 0.25) is 0 Å². The van der Waals surface area contributed by atoms with Gasteiger partial charge in [-0.05, 0) is 43.0 Å². The van der Waals surface area contributed by atoms with Crippen molar-refractivity contribution in [3.63, 3.8) is 0 Å². The van der Waals surface area contributed by atoms with Crippen LogP contribution < -0.4 is 5.73 Å². The lowest BCUT2D eigenvalue weighted by molar-refractivity contribution is 0.801. The Hall–Kier alpha value is -2.01. The number of anilines is 1. The zero-order chi connectivity index (χ0) is 13.9. The number of allylic oxidation sites excluding steroid dienone is 1. The molecule has 0 saturated carbocycles. The number of nitrogens with zero attached hydrogens (tertiary/aromatic N) is 3. The van der Waals surface area contributed by atoms with Crippen LogP contribution in [-0.4, -0.2) is 28.8 Å². The summed E-state index contributed by atoms with van der Waals surface area (Å²) in [7, 11) is 0. The minimum Gasteiger partial charge on any atom is -0.399 e. The third-order valence-electron chi connectivity index (χ3n) is 3.17. The van der Waals surface area contributed by atoms with E-state index in [0.29, 0.717) is 0 Å². The molecule has 5 heteroatoms. The fourth-order valence-electron chi connectivity index (χ4n) is 2.13. The highest BCUT2D eigenvalue weighted by molar-refractivity contribution is 7.98. The van der Waals surface area contributed by atoms with E-state index in [-0.39, 0.29) is 0 Å². The Morgan fingerprint density at radius 2 is 2.05 bits per heavy atom. The molecule has 0 aliphatic carbocycles. The lowest BCUT2D eigenvalue weighted by Gasteiger charge is -2.05. The number of hydrogen-bond acceptors (Lipinski definition) is 4. The molecule has 0 unspecified atom stereocenters. The smallest absolute Gasteiger partial charge is 0.100 e. The number of benzene rings is 1. The summed E-state index contributed by atoms with van der Waals surface area (Å²) in [5.41, 5.74) is 9.58. The standard InChI is InChI=1S/C15H16N4S/c1-20-15-9-14(11-3-2-8-17-10-11)18-19(15)13-6-4-12(16)5-7-13/h3-7,9-10H,2,8,16H2,1H3. The van der Waals surface area contributed by atoms with Crippen LogP contribution in [0.3, 0.4) is 0 Å². The molecule has 2 heterocycles. The molecule has 1 aliphatic rings. The molecule has 2 aromatic rings. The molecular weight excluding hydrogens is 268 g/mol. The molecule has 0 spiro atoms. The molecule has 20 heavy (non-hydrogen) atoms. The number of aliphatic imine (C=N–C) groups is 1. The second kappa shape index (κ2) is 5.54. The van der Waals surface area contributed by atoms with Crippen molar-refractivity contribution in [3.8, 4) is 5.69 Å². The van der Waals surface area contributed by atoms with Gasteiger partial charge in [-0.3, -0.25) is 4.99 Å². The van der Waals surface area contributed by atoms with Crippen molar-refractivity contribution in [2.75, 3.05) is 18.5 Å². The summed E-state index contributed by atoms with van der Waals surface area (Å²) in [4.78, 5) is 4.32. The third kappa shape index (κ3) is 2.49. The van der Waals surface area contributed by atoms with E-state index in [4.69, 9.17) is 10.8 Å². The molecule has 0 atom stereocenters. The lowest BCUT2D eigenvalue weighted by Crippen LogP contribution is -2.00. The quantitative estimate of drug-likeness (QED) is 0.696. The van der Waals surface area contributed by atoms with Crippen LogP contribution >= 0.6 is 11.8 Å². The normalized spacial score (nSPS) is 14.3. The highest BCUT2D eigenvalue weighted by Crippen LogP contribution is 2.25. The van der Waals surface area contributed by atoms with E-state index in [2.05, 4.69) is 23.4 Å². The Kier molecular flexibility index (Phi) is 3.60. The van der Waals surface area contributed by atoms with Crippen molar-refractivity contribution in [3.05, 3.63) is 42.1 Å². The molecule has 1 aromatic heterocycles. The van der Waals surface area contributed by atoms with Crippen LogP contribution in [0.25, 0.3) is 11.3 Å². The van der Waals surface area contributed by atoms with Gasteiger partial charge in [0.05, 0.1) is 11.4 Å². The summed E-state index contributed by atoms with van der Waals surface area (Å²) in [6, 6.07) is 9.85. The first-order valence-corrected chi connectivity index (χ1v) is 7.71. The first-order chi connectivity index (χ1) is 9.78. The zero-order valence-corrected chi connectivity index (χ0v) is 12.1. The van der Waals surface area contributed by atoms with Gasteiger partial charge in [0.1, 0.15) is 5.03 Å². The van der Waals surface area contributed by atoms with E-state index >= 15 is 0 Å². The summed E-state index contributed by atoms with van der Waals surface area (Å²) in [6.45, 7) is 0.873. The SMILES string of the molecule is CSc1cc(C2=CCCN=C2)nn1-c1ccc(N)cc1. The monoisotopic (exact) mass is 284 g/mol. The molecule has 0 fully saturated rings. The van der Waals surface area contributed by atoms with Crippen LogP contribution in [0.2, 0.25) is 0 Å². The minimum atomic E-state index is 0.758. The van der Waals surface area contributed by atoms with Crippen LogP contribution in [0.5, 0.6) is 0 Å². The van der Waals surface area contributed by atoms with E-state index < -0.39 is 0 Å². The average Bonchev–Trinajstić information content (AvgIpc) is 2.93. The van der Waals surface area contributed by atoms with Crippen molar-refractivity contribution >= 4 is 29.2 Å². The molecule has 1 aromatic carbocycles. The predicted molar refractivity (Wildman–Crippen MR) is 85.7 cm³/mol. The summed E-state index contributed by atoms with van der Waals surface area (Å²) >= 11 is 1.68. The fraction of sp³-hybridized carbons (Fsp3) is 0.200. The molecule has 3 rings (SSSR count). The first-order valence-electron chi connectivity index (χ1n) is 6.48. The Bertz CT molecular complexity index is 668.